The molecule has 0 unspecified atom stereocenters. The molecule has 86 valence electrons. The predicted molar refractivity (Wildman–Crippen MR) is 60.8 cm³/mol. The number of hydrogen-bond acceptors (Lipinski definition) is 3. The number of pyridine rings is 1. The van der Waals surface area contributed by atoms with Crippen LogP contribution in [0.25, 0.3) is 0 Å². The van der Waals surface area contributed by atoms with Crippen LogP contribution in [0.2, 0.25) is 0 Å². The number of aryl methyl sites for hydroxylation is 1. The summed E-state index contributed by atoms with van der Waals surface area (Å²) in [6.45, 7) is 1.79. The zero-order valence-corrected chi connectivity index (χ0v) is 9.18. The molecule has 0 bridgehead atoms. The molecular formula is C13H10FNO2. The van der Waals surface area contributed by atoms with Crippen molar-refractivity contribution >= 4 is 6.29 Å². The van der Waals surface area contributed by atoms with Gasteiger partial charge < -0.3 is 4.74 Å². The number of nitrogens with zero attached hydrogens (tertiary/aromatic N) is 1. The van der Waals surface area contributed by atoms with Crippen LogP contribution in [0.3, 0.4) is 0 Å². The number of ether oxygens (including phenoxy) is 1. The van der Waals surface area contributed by atoms with Gasteiger partial charge in [0.15, 0.2) is 6.29 Å². The zero-order valence-electron chi connectivity index (χ0n) is 9.18. The first kappa shape index (κ1) is 11.3. The second-order valence-corrected chi connectivity index (χ2v) is 3.53. The summed E-state index contributed by atoms with van der Waals surface area (Å²) in [6.07, 6.45) is 2.16. The van der Waals surface area contributed by atoms with E-state index in [2.05, 4.69) is 4.98 Å². The molecule has 2 aromatic rings. The second kappa shape index (κ2) is 4.74. The molecule has 2 rings (SSSR count). The van der Waals surface area contributed by atoms with Crippen LogP contribution in [0.15, 0.2) is 36.5 Å². The highest BCUT2D eigenvalue weighted by molar-refractivity contribution is 5.78. The quantitative estimate of drug-likeness (QED) is 0.762. The van der Waals surface area contributed by atoms with E-state index >= 15 is 0 Å². The van der Waals surface area contributed by atoms with Crippen LogP contribution >= 0.6 is 0 Å². The summed E-state index contributed by atoms with van der Waals surface area (Å²) in [5.41, 5.74) is 1.10. The Morgan fingerprint density at radius 1 is 1.35 bits per heavy atom. The molecule has 0 aliphatic carbocycles. The van der Waals surface area contributed by atoms with Crippen molar-refractivity contribution in [1.82, 2.24) is 4.98 Å². The highest BCUT2D eigenvalue weighted by atomic mass is 19.1. The van der Waals surface area contributed by atoms with Crippen molar-refractivity contribution < 1.29 is 13.9 Å². The number of halogens is 1. The van der Waals surface area contributed by atoms with E-state index in [-0.39, 0.29) is 5.88 Å². The van der Waals surface area contributed by atoms with Gasteiger partial charge in [0.25, 0.3) is 0 Å². The van der Waals surface area contributed by atoms with Gasteiger partial charge in [-0.05, 0) is 30.7 Å². The van der Waals surface area contributed by atoms with E-state index in [9.17, 15) is 9.18 Å². The van der Waals surface area contributed by atoms with Crippen molar-refractivity contribution in [3.63, 3.8) is 0 Å². The topological polar surface area (TPSA) is 39.2 Å². The fraction of sp³-hybridized carbons (Fsp3) is 0.0769. The summed E-state index contributed by atoms with van der Waals surface area (Å²) in [7, 11) is 0. The monoisotopic (exact) mass is 231 g/mol. The molecule has 0 fully saturated rings. The van der Waals surface area contributed by atoms with Gasteiger partial charge in [-0.25, -0.2) is 9.37 Å². The van der Waals surface area contributed by atoms with Gasteiger partial charge in [-0.15, -0.1) is 0 Å². The Morgan fingerprint density at radius 2 is 2.18 bits per heavy atom. The summed E-state index contributed by atoms with van der Waals surface area (Å²) in [6, 6.07) is 7.44. The lowest BCUT2D eigenvalue weighted by Crippen LogP contribution is -1.95. The minimum absolute atomic E-state index is 0.177. The molecule has 4 heteroatoms. The van der Waals surface area contributed by atoms with Gasteiger partial charge in [0.05, 0.1) is 5.56 Å². The number of rotatable bonds is 3. The SMILES string of the molecule is Cc1ccc(F)cc1Oc1ncccc1C=O. The molecule has 1 heterocycles. The Kier molecular flexibility index (Phi) is 3.14. The molecule has 3 nitrogen and oxygen atoms in total. The Morgan fingerprint density at radius 3 is 2.94 bits per heavy atom. The molecule has 0 aliphatic heterocycles. The van der Waals surface area contributed by atoms with Gasteiger partial charge in [0.1, 0.15) is 11.6 Å². The molecule has 0 amide bonds. The van der Waals surface area contributed by atoms with E-state index in [1.165, 1.54) is 18.3 Å². The van der Waals surface area contributed by atoms with Crippen molar-refractivity contribution in [3.05, 3.63) is 53.5 Å². The first-order valence-corrected chi connectivity index (χ1v) is 5.05. The molecule has 17 heavy (non-hydrogen) atoms. The van der Waals surface area contributed by atoms with Crippen LogP contribution in [0.5, 0.6) is 11.6 Å². The highest BCUT2D eigenvalue weighted by Gasteiger charge is 2.07. The normalized spacial score (nSPS) is 10.0. The number of aromatic nitrogens is 1. The lowest BCUT2D eigenvalue weighted by atomic mass is 10.2. The summed E-state index contributed by atoms with van der Waals surface area (Å²) in [5.74, 6) is 0.136. The zero-order chi connectivity index (χ0) is 12.3. The average Bonchev–Trinajstić information content (AvgIpc) is 2.34. The fourth-order valence-corrected chi connectivity index (χ4v) is 1.37. The minimum atomic E-state index is -0.394. The van der Waals surface area contributed by atoms with E-state index in [0.717, 1.165) is 5.56 Å². The Hall–Kier alpha value is -2.23. The number of benzene rings is 1. The highest BCUT2D eigenvalue weighted by Crippen LogP contribution is 2.25. The van der Waals surface area contributed by atoms with Crippen LogP contribution < -0.4 is 4.74 Å². The van der Waals surface area contributed by atoms with Crippen molar-refractivity contribution in [2.24, 2.45) is 0 Å². The van der Waals surface area contributed by atoms with Gasteiger partial charge in [-0.3, -0.25) is 4.79 Å². The molecule has 0 atom stereocenters. The Balaban J connectivity index is 2.37. The third kappa shape index (κ3) is 2.47. The average molecular weight is 231 g/mol. The van der Waals surface area contributed by atoms with Gasteiger partial charge >= 0.3 is 0 Å². The van der Waals surface area contributed by atoms with E-state index in [0.29, 0.717) is 17.6 Å². The summed E-state index contributed by atoms with van der Waals surface area (Å²) < 4.78 is 18.5. The van der Waals surface area contributed by atoms with Crippen LogP contribution in [0.4, 0.5) is 4.39 Å². The molecule has 0 saturated carbocycles. The van der Waals surface area contributed by atoms with Gasteiger partial charge in [-0.2, -0.15) is 0 Å². The van der Waals surface area contributed by atoms with Gasteiger partial charge in [0.2, 0.25) is 5.88 Å². The van der Waals surface area contributed by atoms with E-state index in [4.69, 9.17) is 4.74 Å². The van der Waals surface area contributed by atoms with Crippen LogP contribution in [0.1, 0.15) is 15.9 Å². The first-order chi connectivity index (χ1) is 8.20. The van der Waals surface area contributed by atoms with Crippen molar-refractivity contribution in [2.45, 2.75) is 6.92 Å². The molecule has 0 saturated heterocycles. The molecule has 0 aliphatic rings. The van der Waals surface area contributed by atoms with Crippen LogP contribution in [0, 0.1) is 12.7 Å². The standard InChI is InChI=1S/C13H10FNO2/c1-9-4-5-11(14)7-12(9)17-13-10(8-16)3-2-6-15-13/h2-8H,1H3. The van der Waals surface area contributed by atoms with E-state index in [1.54, 1.807) is 25.1 Å². The van der Waals surface area contributed by atoms with Crippen molar-refractivity contribution in [2.75, 3.05) is 0 Å². The lowest BCUT2D eigenvalue weighted by molar-refractivity contribution is 0.112. The van der Waals surface area contributed by atoms with E-state index < -0.39 is 5.82 Å². The first-order valence-electron chi connectivity index (χ1n) is 5.05. The summed E-state index contributed by atoms with van der Waals surface area (Å²) >= 11 is 0. The Bertz CT molecular complexity index is 555. The maximum absolute atomic E-state index is 13.1. The molecule has 0 spiro atoms. The minimum Gasteiger partial charge on any atom is -0.438 e. The molecular weight excluding hydrogens is 221 g/mol. The third-order valence-electron chi connectivity index (χ3n) is 2.28. The molecule has 0 N–H and O–H groups in total. The smallest absolute Gasteiger partial charge is 0.229 e. The second-order valence-electron chi connectivity index (χ2n) is 3.53. The van der Waals surface area contributed by atoms with Gasteiger partial charge in [0, 0.05) is 12.3 Å². The molecule has 0 radical (unpaired) electrons. The van der Waals surface area contributed by atoms with Crippen LogP contribution in [-0.2, 0) is 0 Å². The number of carbonyl (C=O) groups is 1. The third-order valence-corrected chi connectivity index (χ3v) is 2.28. The largest absolute Gasteiger partial charge is 0.438 e. The fourth-order valence-electron chi connectivity index (χ4n) is 1.37. The molecule has 1 aromatic heterocycles. The lowest BCUT2D eigenvalue weighted by Gasteiger charge is -2.08. The van der Waals surface area contributed by atoms with Gasteiger partial charge in [-0.1, -0.05) is 6.07 Å². The van der Waals surface area contributed by atoms with Crippen molar-refractivity contribution in [1.29, 1.82) is 0 Å². The number of aldehydes is 1. The summed E-state index contributed by atoms with van der Waals surface area (Å²) in [4.78, 5) is 14.7. The predicted octanol–water partition coefficient (Wildman–Crippen LogP) is 3.13. The molecule has 1 aromatic carbocycles. The number of hydrogen-bond donors (Lipinski definition) is 0. The maximum Gasteiger partial charge on any atom is 0.229 e. The number of carbonyl (C=O) groups excluding carboxylic acids is 1. The maximum atomic E-state index is 13.1. The van der Waals surface area contributed by atoms with E-state index in [1.807, 2.05) is 0 Å². The Labute approximate surface area is 97.9 Å². The van der Waals surface area contributed by atoms with Crippen molar-refractivity contribution in [3.8, 4) is 11.6 Å². The van der Waals surface area contributed by atoms with Crippen LogP contribution in [-0.4, -0.2) is 11.3 Å². The summed E-state index contributed by atoms with van der Waals surface area (Å²) in [5, 5.41) is 0.